The number of alkyl halides is 3. The number of alkyl carbamates (subject to hydrolysis) is 1. The largest absolute Gasteiger partial charge is 0.479 e. The van der Waals surface area contributed by atoms with Crippen LogP contribution in [0.3, 0.4) is 0 Å². The third kappa shape index (κ3) is 4.70. The number of benzene rings is 1. The zero-order valence-corrected chi connectivity index (χ0v) is 17.3. The highest BCUT2D eigenvalue weighted by Gasteiger charge is 2.54. The van der Waals surface area contributed by atoms with E-state index in [1.807, 2.05) is 0 Å². The van der Waals surface area contributed by atoms with Gasteiger partial charge in [0.05, 0.1) is 10.6 Å². The summed E-state index contributed by atoms with van der Waals surface area (Å²) in [4.78, 5) is 13.0. The molecule has 1 spiro atoms. The zero-order chi connectivity index (χ0) is 22.4. The van der Waals surface area contributed by atoms with Crippen molar-refractivity contribution in [2.45, 2.75) is 49.7 Å². The molecule has 2 aliphatic heterocycles. The predicted octanol–water partition coefficient (Wildman–Crippen LogP) is 3.71. The first-order valence-electron chi connectivity index (χ1n) is 10.1. The number of nitrogens with one attached hydrogen (secondary N) is 1. The summed E-state index contributed by atoms with van der Waals surface area (Å²) in [7, 11) is 0. The third-order valence-corrected chi connectivity index (χ3v) is 6.72. The summed E-state index contributed by atoms with van der Waals surface area (Å²) in [6.45, 7) is 0.838. The normalized spacial score (nSPS) is 29.2. The summed E-state index contributed by atoms with van der Waals surface area (Å²) in [5, 5.41) is 13.2. The minimum Gasteiger partial charge on any atom is -0.479 e. The number of aliphatic hydroxyl groups excluding tert-OH is 1. The molecule has 2 heterocycles. The number of carbonyl (C=O) groups is 1. The molecule has 3 fully saturated rings. The predicted molar refractivity (Wildman–Crippen MR) is 102 cm³/mol. The second-order valence-corrected chi connectivity index (χ2v) is 9.00. The highest BCUT2D eigenvalue weighted by atomic mass is 35.5. The van der Waals surface area contributed by atoms with E-state index in [1.165, 1.54) is 0 Å². The summed E-state index contributed by atoms with van der Waals surface area (Å²) in [5.41, 5.74) is -0.426. The molecule has 6 nitrogen and oxygen atoms in total. The lowest BCUT2D eigenvalue weighted by atomic mass is 9.68. The molecule has 11 heteroatoms. The van der Waals surface area contributed by atoms with E-state index in [9.17, 15) is 27.5 Å². The minimum atomic E-state index is -4.62. The molecule has 1 aliphatic carbocycles. The molecule has 2 saturated heterocycles. The van der Waals surface area contributed by atoms with Crippen molar-refractivity contribution in [2.75, 3.05) is 19.7 Å². The third-order valence-electron chi connectivity index (χ3n) is 6.42. The highest BCUT2D eigenvalue weighted by molar-refractivity contribution is 6.32. The second-order valence-electron chi connectivity index (χ2n) is 8.59. The van der Waals surface area contributed by atoms with Gasteiger partial charge in [-0.05, 0) is 43.9 Å². The maximum atomic E-state index is 13.7. The van der Waals surface area contributed by atoms with Gasteiger partial charge in [0, 0.05) is 24.9 Å². The Balaban J connectivity index is 1.34. The van der Waals surface area contributed by atoms with Crippen LogP contribution >= 0.6 is 11.6 Å². The Bertz CT molecular complexity index is 826. The SMILES string of the molecule is O=C1NC2(CO1)CC(C(O)N1CCC(C(Oc3ccc(F)cc3Cl)C(F)(F)F)CC1)C2. The molecule has 1 aromatic rings. The van der Waals surface area contributed by atoms with Gasteiger partial charge in [-0.15, -0.1) is 0 Å². The average molecular weight is 467 g/mol. The number of carbonyl (C=O) groups excluding carboxylic acids is 1. The van der Waals surface area contributed by atoms with Gasteiger partial charge in [-0.3, -0.25) is 4.90 Å². The first-order valence-corrected chi connectivity index (χ1v) is 10.5. The Labute approximate surface area is 181 Å². The molecule has 1 saturated carbocycles. The highest BCUT2D eigenvalue weighted by Crippen LogP contribution is 2.44. The van der Waals surface area contributed by atoms with Gasteiger partial charge >= 0.3 is 12.3 Å². The lowest BCUT2D eigenvalue weighted by Crippen LogP contribution is -2.60. The second kappa shape index (κ2) is 8.29. The number of ether oxygens (including phenoxy) is 2. The molecule has 4 rings (SSSR count). The van der Waals surface area contributed by atoms with Crippen molar-refractivity contribution in [3.8, 4) is 5.75 Å². The number of likely N-dealkylation sites (tertiary alicyclic amines) is 1. The van der Waals surface area contributed by atoms with Crippen LogP contribution in [0.2, 0.25) is 5.02 Å². The summed E-state index contributed by atoms with van der Waals surface area (Å²) in [6, 6.07) is 3.00. The Morgan fingerprint density at radius 2 is 1.94 bits per heavy atom. The van der Waals surface area contributed by atoms with Crippen molar-refractivity contribution < 1.29 is 36.9 Å². The summed E-state index contributed by atoms with van der Waals surface area (Å²) in [5.74, 6) is -1.77. The Kier molecular flexibility index (Phi) is 5.99. The van der Waals surface area contributed by atoms with Crippen LogP contribution in [0.5, 0.6) is 5.75 Å². The van der Waals surface area contributed by atoms with Crippen molar-refractivity contribution >= 4 is 17.7 Å². The lowest BCUT2D eigenvalue weighted by molar-refractivity contribution is -0.216. The van der Waals surface area contributed by atoms with Crippen LogP contribution in [0.1, 0.15) is 25.7 Å². The van der Waals surface area contributed by atoms with Crippen LogP contribution < -0.4 is 10.1 Å². The first kappa shape index (κ1) is 22.4. The number of aliphatic hydroxyl groups is 1. The van der Waals surface area contributed by atoms with Crippen molar-refractivity contribution in [1.82, 2.24) is 10.2 Å². The fourth-order valence-corrected chi connectivity index (χ4v) is 5.00. The molecular weight excluding hydrogens is 444 g/mol. The van der Waals surface area contributed by atoms with E-state index in [2.05, 4.69) is 5.32 Å². The zero-order valence-electron chi connectivity index (χ0n) is 16.5. The van der Waals surface area contributed by atoms with Crippen LogP contribution in [0.15, 0.2) is 18.2 Å². The number of nitrogens with zero attached hydrogens (tertiary/aromatic N) is 1. The fourth-order valence-electron chi connectivity index (χ4n) is 4.79. The molecule has 0 aromatic heterocycles. The van der Waals surface area contributed by atoms with Gasteiger partial charge in [-0.1, -0.05) is 11.6 Å². The van der Waals surface area contributed by atoms with E-state index < -0.39 is 41.9 Å². The smallest absolute Gasteiger partial charge is 0.425 e. The van der Waals surface area contributed by atoms with E-state index in [0.717, 1.165) is 18.2 Å². The molecular formula is C20H23ClF4N2O4. The topological polar surface area (TPSA) is 71.0 Å². The van der Waals surface area contributed by atoms with E-state index in [0.29, 0.717) is 12.8 Å². The van der Waals surface area contributed by atoms with Crippen LogP contribution in [-0.2, 0) is 4.74 Å². The number of hydrogen-bond donors (Lipinski definition) is 2. The van der Waals surface area contributed by atoms with Crippen LogP contribution in [-0.4, -0.2) is 59.8 Å². The summed E-state index contributed by atoms with van der Waals surface area (Å²) < 4.78 is 64.4. The quantitative estimate of drug-likeness (QED) is 0.647. The van der Waals surface area contributed by atoms with Gasteiger partial charge in [0.1, 0.15) is 24.4 Å². The van der Waals surface area contributed by atoms with E-state index in [1.54, 1.807) is 4.90 Å². The molecule has 3 aliphatic rings. The van der Waals surface area contributed by atoms with E-state index in [-0.39, 0.29) is 49.2 Å². The maximum absolute atomic E-state index is 13.7. The fraction of sp³-hybridized carbons (Fsp3) is 0.650. The number of halogens is 5. The standard InChI is InChI=1S/C20H23ClF4N2O4/c21-14-7-13(22)1-2-15(14)31-16(20(23,24)25)11-3-5-27(6-4-11)17(28)12-8-19(9-12)10-30-18(29)26-19/h1-2,7,11-12,16-17,28H,3-6,8-10H2,(H,26,29). The average Bonchev–Trinajstić information content (AvgIpc) is 3.07. The Hall–Kier alpha value is -1.78. The van der Waals surface area contributed by atoms with Crippen molar-refractivity contribution in [1.29, 1.82) is 0 Å². The molecule has 1 amide bonds. The molecule has 0 radical (unpaired) electrons. The molecule has 2 atom stereocenters. The van der Waals surface area contributed by atoms with Gasteiger partial charge in [0.25, 0.3) is 0 Å². The maximum Gasteiger partial charge on any atom is 0.425 e. The van der Waals surface area contributed by atoms with E-state index in [4.69, 9.17) is 21.1 Å². The monoisotopic (exact) mass is 466 g/mol. The molecule has 2 N–H and O–H groups in total. The first-order chi connectivity index (χ1) is 14.6. The molecule has 0 bridgehead atoms. The van der Waals surface area contributed by atoms with Crippen molar-refractivity contribution in [3.63, 3.8) is 0 Å². The van der Waals surface area contributed by atoms with Crippen LogP contribution in [0.25, 0.3) is 0 Å². The van der Waals surface area contributed by atoms with Gasteiger partial charge in [0.15, 0.2) is 6.10 Å². The minimum absolute atomic E-state index is 0.0776. The van der Waals surface area contributed by atoms with Gasteiger partial charge in [-0.25, -0.2) is 9.18 Å². The molecule has 31 heavy (non-hydrogen) atoms. The molecule has 172 valence electrons. The van der Waals surface area contributed by atoms with Gasteiger partial charge in [-0.2, -0.15) is 13.2 Å². The Morgan fingerprint density at radius 1 is 1.26 bits per heavy atom. The van der Waals surface area contributed by atoms with Crippen LogP contribution in [0, 0.1) is 17.7 Å². The Morgan fingerprint density at radius 3 is 2.48 bits per heavy atom. The molecule has 2 unspecified atom stereocenters. The number of amides is 1. The van der Waals surface area contributed by atoms with Crippen molar-refractivity contribution in [2.24, 2.45) is 11.8 Å². The molecule has 1 aromatic carbocycles. The van der Waals surface area contributed by atoms with E-state index >= 15 is 0 Å². The van der Waals surface area contributed by atoms with Gasteiger partial charge in [0.2, 0.25) is 0 Å². The summed E-state index contributed by atoms with van der Waals surface area (Å²) in [6.07, 6.45) is -6.46. The number of piperidine rings is 1. The number of rotatable bonds is 5. The van der Waals surface area contributed by atoms with Crippen LogP contribution in [0.4, 0.5) is 22.4 Å². The van der Waals surface area contributed by atoms with Gasteiger partial charge < -0.3 is 19.9 Å². The summed E-state index contributed by atoms with van der Waals surface area (Å²) >= 11 is 5.84. The number of hydrogen-bond acceptors (Lipinski definition) is 5. The number of cyclic esters (lactones) is 1. The lowest BCUT2D eigenvalue weighted by Gasteiger charge is -2.49. The van der Waals surface area contributed by atoms with Crippen molar-refractivity contribution in [3.05, 3.63) is 29.0 Å².